The first-order valence-corrected chi connectivity index (χ1v) is 6.58. The Labute approximate surface area is 88.7 Å². The molecule has 0 aromatic heterocycles. The fraction of sp³-hybridized carbons (Fsp3) is 0.889. The zero-order chi connectivity index (χ0) is 11.5. The molecule has 0 atom stereocenters. The molecule has 15 heavy (non-hydrogen) atoms. The number of methoxy groups -OCH3 is 1. The lowest BCUT2D eigenvalue weighted by atomic mass is 10.1. The lowest BCUT2D eigenvalue weighted by Crippen LogP contribution is -2.23. The van der Waals surface area contributed by atoms with E-state index in [2.05, 4.69) is 4.74 Å². The molecule has 0 radical (unpaired) electrons. The molecule has 4 nitrogen and oxygen atoms in total. The van der Waals surface area contributed by atoms with E-state index in [9.17, 15) is 17.6 Å². The van der Waals surface area contributed by atoms with E-state index in [-0.39, 0.29) is 12.2 Å². The second kappa shape index (κ2) is 4.47. The summed E-state index contributed by atoms with van der Waals surface area (Å²) in [6, 6.07) is 0. The third-order valence-corrected chi connectivity index (χ3v) is 4.45. The van der Waals surface area contributed by atoms with Crippen LogP contribution in [-0.2, 0) is 19.4 Å². The van der Waals surface area contributed by atoms with Crippen LogP contribution < -0.4 is 0 Å². The van der Waals surface area contributed by atoms with Crippen LogP contribution in [0.15, 0.2) is 0 Å². The van der Waals surface area contributed by atoms with Gasteiger partial charge in [0.25, 0.3) is 0 Å². The molecule has 88 valence electrons. The van der Waals surface area contributed by atoms with Crippen LogP contribution >= 0.6 is 0 Å². The predicted molar refractivity (Wildman–Crippen MR) is 52.9 cm³/mol. The summed E-state index contributed by atoms with van der Waals surface area (Å²) >= 11 is 0. The topological polar surface area (TPSA) is 60.4 Å². The number of esters is 1. The van der Waals surface area contributed by atoms with Crippen LogP contribution in [0.2, 0.25) is 0 Å². The van der Waals surface area contributed by atoms with Crippen LogP contribution in [0.4, 0.5) is 4.39 Å². The number of hydrogen-bond acceptors (Lipinski definition) is 4. The number of halogens is 1. The number of carbonyl (C=O) groups excluding carboxylic acids is 1. The van der Waals surface area contributed by atoms with Crippen molar-refractivity contribution in [2.75, 3.05) is 25.3 Å². The minimum absolute atomic E-state index is 0.0982. The number of carbonyl (C=O) groups is 1. The van der Waals surface area contributed by atoms with Crippen molar-refractivity contribution in [3.05, 3.63) is 0 Å². The van der Waals surface area contributed by atoms with Gasteiger partial charge in [-0.3, -0.25) is 4.79 Å². The Morgan fingerprint density at radius 2 is 2.07 bits per heavy atom. The van der Waals surface area contributed by atoms with Gasteiger partial charge in [-0.05, 0) is 18.3 Å². The van der Waals surface area contributed by atoms with E-state index in [0.29, 0.717) is 12.8 Å². The molecule has 1 aliphatic carbocycles. The molecule has 0 bridgehead atoms. The molecule has 0 aromatic carbocycles. The van der Waals surface area contributed by atoms with Crippen molar-refractivity contribution in [2.24, 2.45) is 5.41 Å². The van der Waals surface area contributed by atoms with Gasteiger partial charge in [0.1, 0.15) is 6.67 Å². The maximum absolute atomic E-state index is 11.9. The molecular formula is C9H15FO4S. The van der Waals surface area contributed by atoms with E-state index in [1.54, 1.807) is 0 Å². The van der Waals surface area contributed by atoms with E-state index >= 15 is 0 Å². The summed E-state index contributed by atoms with van der Waals surface area (Å²) in [5.41, 5.74) is -0.471. The summed E-state index contributed by atoms with van der Waals surface area (Å²) in [4.78, 5) is 11.0. The first kappa shape index (κ1) is 12.4. The molecule has 6 heteroatoms. The molecule has 0 aromatic rings. The lowest BCUT2D eigenvalue weighted by molar-refractivity contribution is -0.141. The van der Waals surface area contributed by atoms with E-state index in [1.807, 2.05) is 0 Å². The minimum Gasteiger partial charge on any atom is -0.469 e. The highest BCUT2D eigenvalue weighted by atomic mass is 32.2. The van der Waals surface area contributed by atoms with Crippen molar-refractivity contribution in [3.63, 3.8) is 0 Å². The molecule has 0 heterocycles. The smallest absolute Gasteiger partial charge is 0.306 e. The fourth-order valence-electron chi connectivity index (χ4n) is 1.58. The van der Waals surface area contributed by atoms with Crippen molar-refractivity contribution in [1.82, 2.24) is 0 Å². The average Bonchev–Trinajstić information content (AvgIpc) is 2.83. The first-order valence-electron chi connectivity index (χ1n) is 4.76. The van der Waals surface area contributed by atoms with Crippen LogP contribution in [-0.4, -0.2) is 39.7 Å². The molecule has 0 amide bonds. The summed E-state index contributed by atoms with van der Waals surface area (Å²) in [7, 11) is -2.09. The molecule has 1 rings (SSSR count). The second-order valence-electron chi connectivity index (χ2n) is 4.03. The molecule has 1 saturated carbocycles. The third-order valence-electron chi connectivity index (χ3n) is 2.62. The summed E-state index contributed by atoms with van der Waals surface area (Å²) in [5, 5.41) is 0. The molecule has 0 unspecified atom stereocenters. The maximum atomic E-state index is 11.9. The first-order chi connectivity index (χ1) is 6.93. The molecule has 0 saturated heterocycles. The molecule has 0 spiro atoms. The maximum Gasteiger partial charge on any atom is 0.306 e. The van der Waals surface area contributed by atoms with Gasteiger partial charge >= 0.3 is 5.97 Å². The molecular weight excluding hydrogens is 223 g/mol. The van der Waals surface area contributed by atoms with E-state index in [0.717, 1.165) is 0 Å². The quantitative estimate of drug-likeness (QED) is 0.639. The zero-order valence-corrected chi connectivity index (χ0v) is 9.48. The lowest BCUT2D eigenvalue weighted by Gasteiger charge is -2.12. The number of hydrogen-bond donors (Lipinski definition) is 0. The zero-order valence-electron chi connectivity index (χ0n) is 8.66. The van der Waals surface area contributed by atoms with Crippen LogP contribution in [0, 0.1) is 5.41 Å². The number of ether oxygens (including phenoxy) is 1. The van der Waals surface area contributed by atoms with Gasteiger partial charge in [-0.25, -0.2) is 12.8 Å². The largest absolute Gasteiger partial charge is 0.469 e. The SMILES string of the molecule is COC(=O)CC1(CS(=O)(=O)CCF)CC1. The van der Waals surface area contributed by atoms with Crippen LogP contribution in [0.3, 0.4) is 0 Å². The second-order valence-corrected chi connectivity index (χ2v) is 6.22. The molecule has 0 aliphatic heterocycles. The van der Waals surface area contributed by atoms with Crippen LogP contribution in [0.5, 0.6) is 0 Å². The van der Waals surface area contributed by atoms with Crippen LogP contribution in [0.1, 0.15) is 19.3 Å². The minimum atomic E-state index is -3.36. The van der Waals surface area contributed by atoms with Crippen molar-refractivity contribution in [1.29, 1.82) is 0 Å². The summed E-state index contributed by atoms with van der Waals surface area (Å²) in [6.07, 6.45) is 1.52. The van der Waals surface area contributed by atoms with E-state index in [1.165, 1.54) is 7.11 Å². The monoisotopic (exact) mass is 238 g/mol. The van der Waals surface area contributed by atoms with Crippen molar-refractivity contribution in [3.8, 4) is 0 Å². The number of alkyl halides is 1. The Bertz CT molecular complexity index is 332. The highest BCUT2D eigenvalue weighted by molar-refractivity contribution is 7.91. The average molecular weight is 238 g/mol. The Balaban J connectivity index is 2.54. The van der Waals surface area contributed by atoms with Gasteiger partial charge in [0.2, 0.25) is 0 Å². The van der Waals surface area contributed by atoms with Gasteiger partial charge < -0.3 is 4.74 Å². The van der Waals surface area contributed by atoms with Gasteiger partial charge in [-0.2, -0.15) is 0 Å². The Morgan fingerprint density at radius 1 is 1.47 bits per heavy atom. The summed E-state index contributed by atoms with van der Waals surface area (Å²) in [5.74, 6) is -0.947. The standard InChI is InChI=1S/C9H15FO4S/c1-14-8(11)6-9(2-3-9)7-15(12,13)5-4-10/h2-7H2,1H3. The van der Waals surface area contributed by atoms with Crippen molar-refractivity contribution in [2.45, 2.75) is 19.3 Å². The summed E-state index contributed by atoms with van der Waals surface area (Å²) in [6.45, 7) is -0.864. The van der Waals surface area contributed by atoms with Crippen LogP contribution in [0.25, 0.3) is 0 Å². The van der Waals surface area contributed by atoms with Gasteiger partial charge in [-0.15, -0.1) is 0 Å². The van der Waals surface area contributed by atoms with Crippen molar-refractivity contribution < 1.29 is 22.3 Å². The van der Waals surface area contributed by atoms with E-state index in [4.69, 9.17) is 0 Å². The summed E-state index contributed by atoms with van der Waals surface area (Å²) < 4.78 is 39.2. The predicted octanol–water partition coefficient (Wildman–Crippen LogP) is 0.714. The molecule has 1 aliphatic rings. The van der Waals surface area contributed by atoms with Gasteiger partial charge in [0.15, 0.2) is 9.84 Å². The number of sulfone groups is 1. The van der Waals surface area contributed by atoms with Gasteiger partial charge in [-0.1, -0.05) is 0 Å². The van der Waals surface area contributed by atoms with E-state index < -0.39 is 33.6 Å². The van der Waals surface area contributed by atoms with Gasteiger partial charge in [0, 0.05) is 0 Å². The number of rotatable bonds is 6. The molecule has 1 fully saturated rings. The molecule has 0 N–H and O–H groups in total. The highest BCUT2D eigenvalue weighted by Gasteiger charge is 2.47. The Hall–Kier alpha value is -0.650. The van der Waals surface area contributed by atoms with Gasteiger partial charge in [0.05, 0.1) is 25.0 Å². The Morgan fingerprint density at radius 3 is 2.47 bits per heavy atom. The highest BCUT2D eigenvalue weighted by Crippen LogP contribution is 2.50. The normalized spacial score (nSPS) is 18.5. The third kappa shape index (κ3) is 3.77. The fourth-order valence-corrected chi connectivity index (χ4v) is 3.29. The van der Waals surface area contributed by atoms with Crippen molar-refractivity contribution >= 4 is 15.8 Å². The Kier molecular flexibility index (Phi) is 3.70.